The van der Waals surface area contributed by atoms with Gasteiger partial charge in [0.1, 0.15) is 0 Å². The highest BCUT2D eigenvalue weighted by Gasteiger charge is 2.06. The molecule has 5 heteroatoms. The van der Waals surface area contributed by atoms with Crippen molar-refractivity contribution in [3.05, 3.63) is 29.8 Å². The molecular weight excluding hydrogens is 169 g/mol. The minimum absolute atomic E-state index is 0.150. The number of halogens is 3. The molecule has 0 N–H and O–H groups in total. The first-order valence-corrected chi connectivity index (χ1v) is 3.02. The zero-order valence-electron chi connectivity index (χ0n) is 5.97. The van der Waals surface area contributed by atoms with Gasteiger partial charge in [-0.1, -0.05) is 9.71 Å². The van der Waals surface area contributed by atoms with E-state index >= 15 is 0 Å². The van der Waals surface area contributed by atoms with E-state index in [0.29, 0.717) is 6.07 Å². The van der Waals surface area contributed by atoms with Gasteiger partial charge in [0, 0.05) is 12.8 Å². The highest BCUT2D eigenvalue weighted by molar-refractivity contribution is 5.45. The Morgan fingerprint density at radius 1 is 1.25 bits per heavy atom. The number of hydrogen-bond acceptors (Lipinski definition) is 2. The lowest BCUT2D eigenvalue weighted by Crippen LogP contribution is -2.01. The third-order valence-electron chi connectivity index (χ3n) is 1.24. The zero-order valence-corrected chi connectivity index (χ0v) is 5.97. The van der Waals surface area contributed by atoms with E-state index in [1.165, 1.54) is 0 Å². The lowest BCUT2D eigenvalue weighted by Gasteiger charge is -2.05. The van der Waals surface area contributed by atoms with Crippen molar-refractivity contribution in [1.29, 1.82) is 0 Å². The van der Waals surface area contributed by atoms with Gasteiger partial charge in [-0.3, -0.25) is 0 Å². The molecule has 0 fully saturated rings. The summed E-state index contributed by atoms with van der Waals surface area (Å²) in [6.45, 7) is 2.87. The van der Waals surface area contributed by atoms with Crippen LogP contribution in [0.15, 0.2) is 23.3 Å². The van der Waals surface area contributed by atoms with Gasteiger partial charge in [0.05, 0.1) is 5.69 Å². The van der Waals surface area contributed by atoms with Crippen molar-refractivity contribution in [2.24, 2.45) is 5.10 Å². The summed E-state index contributed by atoms with van der Waals surface area (Å²) in [5.74, 6) is -2.16. The molecule has 0 aromatic heterocycles. The Hall–Kier alpha value is -1.52. The van der Waals surface area contributed by atoms with Crippen molar-refractivity contribution in [2.45, 2.75) is 0 Å². The number of rotatable bonds is 2. The molecule has 0 aliphatic heterocycles. The molecule has 12 heavy (non-hydrogen) atoms. The largest absolute Gasteiger partial charge is 0.204 e. The summed E-state index contributed by atoms with van der Waals surface area (Å²) in [5, 5.41) is 2.71. The second-order valence-electron chi connectivity index (χ2n) is 2.00. The summed E-state index contributed by atoms with van der Waals surface area (Å²) in [7, 11) is 0. The molecule has 2 nitrogen and oxygen atoms in total. The summed E-state index contributed by atoms with van der Waals surface area (Å²) < 4.78 is 37.2. The second kappa shape index (κ2) is 3.25. The number of anilines is 1. The van der Waals surface area contributed by atoms with E-state index in [1.54, 1.807) is 0 Å². The van der Waals surface area contributed by atoms with E-state index in [4.69, 9.17) is 0 Å². The van der Waals surface area contributed by atoms with E-state index in [1.807, 2.05) is 0 Å². The van der Waals surface area contributed by atoms with Crippen molar-refractivity contribution in [2.75, 3.05) is 5.23 Å². The Labute approximate surface area is 66.9 Å². The summed E-state index contributed by atoms with van der Waals surface area (Å²) in [6, 6.07) is 2.54. The molecular formula is C7H5F3N2. The van der Waals surface area contributed by atoms with Crippen LogP contribution in [0.1, 0.15) is 0 Å². The maximum atomic E-state index is 12.5. The second-order valence-corrected chi connectivity index (χ2v) is 2.00. The summed E-state index contributed by atoms with van der Waals surface area (Å²) in [6.07, 6.45) is 0. The molecule has 0 aliphatic carbocycles. The molecule has 1 aromatic carbocycles. The van der Waals surface area contributed by atoms with Gasteiger partial charge in [-0.2, -0.15) is 5.10 Å². The molecule has 64 valence electrons. The minimum Gasteiger partial charge on any atom is -0.204 e. The quantitative estimate of drug-likeness (QED) is 0.381. The van der Waals surface area contributed by atoms with Gasteiger partial charge in [-0.25, -0.2) is 8.78 Å². The van der Waals surface area contributed by atoms with Crippen LogP contribution in [0.4, 0.5) is 18.9 Å². The van der Waals surface area contributed by atoms with Crippen molar-refractivity contribution in [3.63, 3.8) is 0 Å². The molecule has 0 aliphatic rings. The van der Waals surface area contributed by atoms with Gasteiger partial charge in [-0.15, -0.1) is 0 Å². The van der Waals surface area contributed by atoms with Gasteiger partial charge in [0.15, 0.2) is 11.6 Å². The Balaban J connectivity index is 3.04. The van der Waals surface area contributed by atoms with Gasteiger partial charge in [-0.05, 0) is 12.1 Å². The molecule has 1 aromatic rings. The molecule has 0 heterocycles. The molecule has 0 saturated heterocycles. The Morgan fingerprint density at radius 2 is 1.92 bits per heavy atom. The molecule has 0 saturated carbocycles. The molecule has 0 radical (unpaired) electrons. The standard InChI is InChI=1S/C7H5F3N2/c1-11-12(10)5-2-3-6(8)7(9)4-5/h2-4H,1H2. The Morgan fingerprint density at radius 3 is 2.42 bits per heavy atom. The van der Waals surface area contributed by atoms with E-state index in [-0.39, 0.29) is 10.9 Å². The normalized spacial score (nSPS) is 9.58. The van der Waals surface area contributed by atoms with Crippen LogP contribution in [0.25, 0.3) is 0 Å². The van der Waals surface area contributed by atoms with Gasteiger partial charge >= 0.3 is 0 Å². The van der Waals surface area contributed by atoms with E-state index in [2.05, 4.69) is 11.8 Å². The maximum Gasteiger partial charge on any atom is 0.161 e. The van der Waals surface area contributed by atoms with Gasteiger partial charge in [0.25, 0.3) is 0 Å². The number of nitrogens with zero attached hydrogens (tertiary/aromatic N) is 2. The third-order valence-corrected chi connectivity index (χ3v) is 1.24. The first kappa shape index (κ1) is 8.58. The molecule has 0 bridgehead atoms. The fourth-order valence-corrected chi connectivity index (χ4v) is 0.681. The molecule has 0 spiro atoms. The first-order chi connectivity index (χ1) is 5.65. The van der Waals surface area contributed by atoms with E-state index in [0.717, 1.165) is 12.1 Å². The zero-order chi connectivity index (χ0) is 9.14. The Kier molecular flexibility index (Phi) is 2.32. The lowest BCUT2D eigenvalue weighted by molar-refractivity contribution is 0.444. The molecule has 1 rings (SSSR count). The van der Waals surface area contributed by atoms with Crippen LogP contribution in [-0.4, -0.2) is 6.72 Å². The average Bonchev–Trinajstić information content (AvgIpc) is 2.08. The SMILES string of the molecule is C=NN(F)c1ccc(F)c(F)c1. The van der Waals surface area contributed by atoms with Crippen molar-refractivity contribution in [3.8, 4) is 0 Å². The molecule has 0 unspecified atom stereocenters. The summed E-state index contributed by atoms with van der Waals surface area (Å²) in [5.41, 5.74) is -0.205. The maximum absolute atomic E-state index is 12.5. The monoisotopic (exact) mass is 174 g/mol. The Bertz CT molecular complexity index is 301. The van der Waals surface area contributed by atoms with Crippen molar-refractivity contribution < 1.29 is 13.3 Å². The summed E-state index contributed by atoms with van der Waals surface area (Å²) in [4.78, 5) is 0. The highest BCUT2D eigenvalue weighted by atomic mass is 19.2. The fraction of sp³-hybridized carbons (Fsp3) is 0. The van der Waals surface area contributed by atoms with Crippen LogP contribution in [0, 0.1) is 11.6 Å². The van der Waals surface area contributed by atoms with Crippen molar-refractivity contribution >= 4 is 12.4 Å². The fourth-order valence-electron chi connectivity index (χ4n) is 0.681. The van der Waals surface area contributed by atoms with Crippen LogP contribution in [-0.2, 0) is 0 Å². The number of hydrazone groups is 1. The third kappa shape index (κ3) is 1.55. The highest BCUT2D eigenvalue weighted by Crippen LogP contribution is 2.17. The van der Waals surface area contributed by atoms with Crippen LogP contribution in [0.3, 0.4) is 0 Å². The number of hydrogen-bond donors (Lipinski definition) is 0. The average molecular weight is 174 g/mol. The topological polar surface area (TPSA) is 15.6 Å². The van der Waals surface area contributed by atoms with E-state index in [9.17, 15) is 13.3 Å². The predicted octanol–water partition coefficient (Wildman–Crippen LogP) is 2.27. The van der Waals surface area contributed by atoms with Crippen LogP contribution >= 0.6 is 0 Å². The van der Waals surface area contributed by atoms with Gasteiger partial charge < -0.3 is 0 Å². The first-order valence-electron chi connectivity index (χ1n) is 3.02. The molecule has 0 amide bonds. The van der Waals surface area contributed by atoms with Crippen LogP contribution < -0.4 is 5.23 Å². The smallest absolute Gasteiger partial charge is 0.161 e. The minimum atomic E-state index is -1.13. The molecule has 0 atom stereocenters. The lowest BCUT2D eigenvalue weighted by atomic mass is 10.3. The van der Waals surface area contributed by atoms with Crippen LogP contribution in [0.5, 0.6) is 0 Å². The van der Waals surface area contributed by atoms with Gasteiger partial charge in [0.2, 0.25) is 0 Å². The number of benzene rings is 1. The van der Waals surface area contributed by atoms with Crippen LogP contribution in [0.2, 0.25) is 0 Å². The predicted molar refractivity (Wildman–Crippen MR) is 39.5 cm³/mol. The summed E-state index contributed by atoms with van der Waals surface area (Å²) >= 11 is 0. The van der Waals surface area contributed by atoms with E-state index < -0.39 is 11.6 Å². The van der Waals surface area contributed by atoms with Crippen molar-refractivity contribution in [1.82, 2.24) is 0 Å².